The van der Waals surface area contributed by atoms with E-state index in [0.717, 1.165) is 49.8 Å². The SMILES string of the molecule is CC(C)CN1CCN(CC(O)c2ccc(CN)cc2)CC1. The molecule has 0 aliphatic carbocycles. The third-order valence-corrected chi connectivity index (χ3v) is 4.12. The first-order chi connectivity index (χ1) is 10.1. The van der Waals surface area contributed by atoms with Crippen molar-refractivity contribution < 1.29 is 5.11 Å². The van der Waals surface area contributed by atoms with Crippen molar-refractivity contribution in [1.29, 1.82) is 0 Å². The molecule has 0 saturated carbocycles. The largest absolute Gasteiger partial charge is 0.387 e. The van der Waals surface area contributed by atoms with Gasteiger partial charge < -0.3 is 15.7 Å². The first-order valence-electron chi connectivity index (χ1n) is 8.00. The zero-order valence-corrected chi connectivity index (χ0v) is 13.3. The molecule has 1 fully saturated rings. The highest BCUT2D eigenvalue weighted by Crippen LogP contribution is 2.16. The smallest absolute Gasteiger partial charge is 0.0916 e. The van der Waals surface area contributed by atoms with Crippen molar-refractivity contribution in [3.05, 3.63) is 35.4 Å². The number of piperazine rings is 1. The van der Waals surface area contributed by atoms with Gasteiger partial charge in [0, 0.05) is 45.8 Å². The fourth-order valence-corrected chi connectivity index (χ4v) is 2.90. The van der Waals surface area contributed by atoms with Gasteiger partial charge in [-0.2, -0.15) is 0 Å². The third-order valence-electron chi connectivity index (χ3n) is 4.12. The number of β-amino-alcohol motifs (C(OH)–C–C–N with tert-alkyl or cyclic N) is 1. The average Bonchev–Trinajstić information content (AvgIpc) is 2.49. The van der Waals surface area contributed by atoms with E-state index in [2.05, 4.69) is 23.6 Å². The minimum absolute atomic E-state index is 0.409. The van der Waals surface area contributed by atoms with E-state index in [0.29, 0.717) is 6.54 Å². The van der Waals surface area contributed by atoms with Crippen LogP contribution in [0.5, 0.6) is 0 Å². The standard InChI is InChI=1S/C17H29N3O/c1-14(2)12-19-7-9-20(10-8-19)13-17(21)16-5-3-15(11-18)4-6-16/h3-6,14,17,21H,7-13,18H2,1-2H3. The number of benzene rings is 1. The fourth-order valence-electron chi connectivity index (χ4n) is 2.90. The van der Waals surface area contributed by atoms with Gasteiger partial charge >= 0.3 is 0 Å². The van der Waals surface area contributed by atoms with Gasteiger partial charge in [0.15, 0.2) is 0 Å². The van der Waals surface area contributed by atoms with Crippen molar-refractivity contribution in [2.45, 2.75) is 26.5 Å². The Morgan fingerprint density at radius 2 is 1.52 bits per heavy atom. The van der Waals surface area contributed by atoms with Crippen molar-refractivity contribution in [3.63, 3.8) is 0 Å². The molecule has 1 unspecified atom stereocenters. The predicted molar refractivity (Wildman–Crippen MR) is 87.0 cm³/mol. The van der Waals surface area contributed by atoms with E-state index >= 15 is 0 Å². The lowest BCUT2D eigenvalue weighted by Gasteiger charge is -2.36. The van der Waals surface area contributed by atoms with Crippen LogP contribution in [0.1, 0.15) is 31.1 Å². The molecule has 1 atom stereocenters. The Hall–Kier alpha value is -0.940. The molecular weight excluding hydrogens is 262 g/mol. The highest BCUT2D eigenvalue weighted by Gasteiger charge is 2.20. The maximum absolute atomic E-state index is 10.4. The van der Waals surface area contributed by atoms with Crippen molar-refractivity contribution in [1.82, 2.24) is 9.80 Å². The molecule has 3 N–H and O–H groups in total. The lowest BCUT2D eigenvalue weighted by Crippen LogP contribution is -2.48. The maximum Gasteiger partial charge on any atom is 0.0916 e. The van der Waals surface area contributed by atoms with Gasteiger partial charge in [0.2, 0.25) is 0 Å². The van der Waals surface area contributed by atoms with E-state index in [1.165, 1.54) is 6.54 Å². The summed E-state index contributed by atoms with van der Waals surface area (Å²) in [5.74, 6) is 0.725. The molecule has 1 aliphatic rings. The molecule has 0 amide bonds. The van der Waals surface area contributed by atoms with Crippen LogP contribution in [0.15, 0.2) is 24.3 Å². The van der Waals surface area contributed by atoms with Crippen LogP contribution in [0.2, 0.25) is 0 Å². The molecule has 1 aliphatic heterocycles. The Balaban J connectivity index is 1.79. The zero-order valence-electron chi connectivity index (χ0n) is 13.3. The second kappa shape index (κ2) is 7.90. The molecule has 4 nitrogen and oxygen atoms in total. The molecule has 1 heterocycles. The molecule has 4 heteroatoms. The summed E-state index contributed by atoms with van der Waals surface area (Å²) >= 11 is 0. The van der Waals surface area contributed by atoms with E-state index in [1.54, 1.807) is 0 Å². The molecule has 0 radical (unpaired) electrons. The molecule has 1 aromatic rings. The first-order valence-corrected chi connectivity index (χ1v) is 8.00. The quantitative estimate of drug-likeness (QED) is 0.833. The summed E-state index contributed by atoms with van der Waals surface area (Å²) in [7, 11) is 0. The second-order valence-corrected chi connectivity index (χ2v) is 6.46. The number of hydrogen-bond acceptors (Lipinski definition) is 4. The van der Waals surface area contributed by atoms with E-state index in [4.69, 9.17) is 5.73 Å². The molecule has 2 rings (SSSR count). The minimum Gasteiger partial charge on any atom is -0.387 e. The van der Waals surface area contributed by atoms with Crippen LogP contribution < -0.4 is 5.73 Å². The van der Waals surface area contributed by atoms with Crippen LogP contribution in [0, 0.1) is 5.92 Å². The van der Waals surface area contributed by atoms with E-state index in [9.17, 15) is 5.11 Å². The van der Waals surface area contributed by atoms with Crippen LogP contribution in [-0.4, -0.2) is 54.2 Å². The van der Waals surface area contributed by atoms with Crippen LogP contribution in [0.4, 0.5) is 0 Å². The first kappa shape index (κ1) is 16.4. The summed E-state index contributed by atoms with van der Waals surface area (Å²) in [6.07, 6.45) is -0.409. The van der Waals surface area contributed by atoms with Crippen molar-refractivity contribution >= 4 is 0 Å². The van der Waals surface area contributed by atoms with Crippen molar-refractivity contribution in [2.75, 3.05) is 39.3 Å². The monoisotopic (exact) mass is 291 g/mol. The Labute approximate surface area is 128 Å². The van der Waals surface area contributed by atoms with Crippen LogP contribution in [0.3, 0.4) is 0 Å². The van der Waals surface area contributed by atoms with Crippen LogP contribution >= 0.6 is 0 Å². The van der Waals surface area contributed by atoms with Gasteiger partial charge in [-0.1, -0.05) is 38.1 Å². The van der Waals surface area contributed by atoms with E-state index < -0.39 is 6.10 Å². The number of rotatable bonds is 6. The molecule has 1 aromatic carbocycles. The van der Waals surface area contributed by atoms with Crippen molar-refractivity contribution in [2.24, 2.45) is 11.7 Å². The fraction of sp³-hybridized carbons (Fsp3) is 0.647. The lowest BCUT2D eigenvalue weighted by molar-refractivity contribution is 0.0687. The van der Waals surface area contributed by atoms with Gasteiger partial charge in [0.05, 0.1) is 6.10 Å². The van der Waals surface area contributed by atoms with Gasteiger partial charge in [-0.05, 0) is 17.0 Å². The maximum atomic E-state index is 10.4. The number of aliphatic hydroxyl groups is 1. The Morgan fingerprint density at radius 1 is 1.00 bits per heavy atom. The number of hydrogen-bond donors (Lipinski definition) is 2. The molecule has 0 bridgehead atoms. The summed E-state index contributed by atoms with van der Waals surface area (Å²) in [6.45, 7) is 11.3. The van der Waals surface area contributed by atoms with Gasteiger partial charge in [-0.15, -0.1) is 0 Å². The summed E-state index contributed by atoms with van der Waals surface area (Å²) in [6, 6.07) is 7.97. The minimum atomic E-state index is -0.409. The van der Waals surface area contributed by atoms with E-state index in [-0.39, 0.29) is 0 Å². The third kappa shape index (κ3) is 5.08. The normalized spacial score (nSPS) is 19.1. The Morgan fingerprint density at radius 3 is 2.00 bits per heavy atom. The molecule has 1 saturated heterocycles. The second-order valence-electron chi connectivity index (χ2n) is 6.46. The average molecular weight is 291 g/mol. The van der Waals surface area contributed by atoms with Crippen LogP contribution in [0.25, 0.3) is 0 Å². The highest BCUT2D eigenvalue weighted by molar-refractivity contribution is 5.24. The van der Waals surface area contributed by atoms with Crippen molar-refractivity contribution in [3.8, 4) is 0 Å². The van der Waals surface area contributed by atoms with Crippen LogP contribution in [-0.2, 0) is 6.54 Å². The predicted octanol–water partition coefficient (Wildman–Crippen LogP) is 1.45. The van der Waals surface area contributed by atoms with Gasteiger partial charge in [0.25, 0.3) is 0 Å². The number of aliphatic hydroxyl groups excluding tert-OH is 1. The molecule has 118 valence electrons. The zero-order chi connectivity index (χ0) is 15.2. The summed E-state index contributed by atoms with van der Waals surface area (Å²) in [4.78, 5) is 4.88. The highest BCUT2D eigenvalue weighted by atomic mass is 16.3. The number of nitrogens with two attached hydrogens (primary N) is 1. The molecular formula is C17H29N3O. The lowest BCUT2D eigenvalue weighted by atomic mass is 10.1. The molecule has 0 aromatic heterocycles. The Kier molecular flexibility index (Phi) is 6.18. The Bertz CT molecular complexity index is 411. The van der Waals surface area contributed by atoms with Gasteiger partial charge in [-0.3, -0.25) is 4.90 Å². The topological polar surface area (TPSA) is 52.7 Å². The van der Waals surface area contributed by atoms with Gasteiger partial charge in [-0.25, -0.2) is 0 Å². The summed E-state index contributed by atoms with van der Waals surface area (Å²) < 4.78 is 0. The van der Waals surface area contributed by atoms with Gasteiger partial charge in [0.1, 0.15) is 0 Å². The van der Waals surface area contributed by atoms with E-state index in [1.807, 2.05) is 24.3 Å². The number of nitrogens with zero attached hydrogens (tertiary/aromatic N) is 2. The molecule has 0 spiro atoms. The molecule has 21 heavy (non-hydrogen) atoms. The summed E-state index contributed by atoms with van der Waals surface area (Å²) in [5.41, 5.74) is 7.69. The summed E-state index contributed by atoms with van der Waals surface area (Å²) in [5, 5.41) is 10.4.